The SMILES string of the molecule is CC1CC(N(CC(=O)O)CC(=O)O)C1. The monoisotopic (exact) mass is 201 g/mol. The predicted molar refractivity (Wildman–Crippen MR) is 49.0 cm³/mol. The second-order valence-electron chi connectivity index (χ2n) is 3.92. The first-order valence-corrected chi connectivity index (χ1v) is 4.66. The normalized spacial score (nSPS) is 25.9. The molecule has 2 N–H and O–H groups in total. The third kappa shape index (κ3) is 2.99. The Morgan fingerprint density at radius 1 is 1.21 bits per heavy atom. The van der Waals surface area contributed by atoms with Gasteiger partial charge in [-0.2, -0.15) is 0 Å². The molecule has 0 aliphatic heterocycles. The fourth-order valence-corrected chi connectivity index (χ4v) is 1.82. The average Bonchev–Trinajstić information content (AvgIpc) is 1.95. The molecule has 0 amide bonds. The van der Waals surface area contributed by atoms with Crippen LogP contribution < -0.4 is 0 Å². The summed E-state index contributed by atoms with van der Waals surface area (Å²) in [5.41, 5.74) is 0. The highest BCUT2D eigenvalue weighted by Gasteiger charge is 2.32. The lowest BCUT2D eigenvalue weighted by atomic mass is 9.81. The highest BCUT2D eigenvalue weighted by Crippen LogP contribution is 2.30. The van der Waals surface area contributed by atoms with Gasteiger partial charge in [-0.15, -0.1) is 0 Å². The van der Waals surface area contributed by atoms with Crippen LogP contribution in [0, 0.1) is 5.92 Å². The van der Waals surface area contributed by atoms with Gasteiger partial charge in [-0.25, -0.2) is 0 Å². The lowest BCUT2D eigenvalue weighted by Gasteiger charge is -2.40. The van der Waals surface area contributed by atoms with Crippen LogP contribution in [-0.2, 0) is 9.59 Å². The molecule has 0 spiro atoms. The molecule has 1 fully saturated rings. The van der Waals surface area contributed by atoms with Gasteiger partial charge in [-0.1, -0.05) is 6.92 Å². The number of rotatable bonds is 5. The first-order valence-electron chi connectivity index (χ1n) is 4.66. The molecule has 5 nitrogen and oxygen atoms in total. The molecule has 0 unspecified atom stereocenters. The number of hydrogen-bond acceptors (Lipinski definition) is 3. The number of carboxylic acids is 2. The largest absolute Gasteiger partial charge is 0.480 e. The Labute approximate surface area is 82.3 Å². The van der Waals surface area contributed by atoms with Crippen LogP contribution in [0.25, 0.3) is 0 Å². The maximum absolute atomic E-state index is 10.5. The van der Waals surface area contributed by atoms with E-state index in [4.69, 9.17) is 10.2 Å². The quantitative estimate of drug-likeness (QED) is 0.667. The van der Waals surface area contributed by atoms with Crippen LogP contribution in [0.2, 0.25) is 0 Å². The smallest absolute Gasteiger partial charge is 0.317 e. The van der Waals surface area contributed by atoms with Crippen molar-refractivity contribution in [3.63, 3.8) is 0 Å². The van der Waals surface area contributed by atoms with Gasteiger partial charge < -0.3 is 10.2 Å². The Morgan fingerprint density at radius 2 is 1.64 bits per heavy atom. The van der Waals surface area contributed by atoms with Gasteiger partial charge in [0.25, 0.3) is 0 Å². The zero-order chi connectivity index (χ0) is 10.7. The predicted octanol–water partition coefficient (Wildman–Crippen LogP) is 0.256. The fourth-order valence-electron chi connectivity index (χ4n) is 1.82. The van der Waals surface area contributed by atoms with Gasteiger partial charge >= 0.3 is 11.9 Å². The average molecular weight is 201 g/mol. The lowest BCUT2D eigenvalue weighted by Crippen LogP contribution is -2.48. The van der Waals surface area contributed by atoms with Gasteiger partial charge in [0.2, 0.25) is 0 Å². The third-order valence-corrected chi connectivity index (χ3v) is 2.54. The van der Waals surface area contributed by atoms with Crippen LogP contribution in [0.15, 0.2) is 0 Å². The maximum Gasteiger partial charge on any atom is 0.317 e. The van der Waals surface area contributed by atoms with E-state index < -0.39 is 11.9 Å². The van der Waals surface area contributed by atoms with Crippen LogP contribution in [0.5, 0.6) is 0 Å². The molecule has 0 bridgehead atoms. The van der Waals surface area contributed by atoms with Crippen LogP contribution >= 0.6 is 0 Å². The summed E-state index contributed by atoms with van der Waals surface area (Å²) in [5, 5.41) is 17.2. The van der Waals surface area contributed by atoms with Crippen molar-refractivity contribution < 1.29 is 19.8 Å². The molecular weight excluding hydrogens is 186 g/mol. The number of carboxylic acid groups (broad SMARTS) is 2. The molecule has 0 aromatic carbocycles. The number of hydrogen-bond donors (Lipinski definition) is 2. The zero-order valence-electron chi connectivity index (χ0n) is 8.14. The minimum absolute atomic E-state index is 0.136. The Kier molecular flexibility index (Phi) is 3.46. The van der Waals surface area contributed by atoms with E-state index in [9.17, 15) is 9.59 Å². The summed E-state index contributed by atoms with van der Waals surface area (Å²) in [7, 11) is 0. The topological polar surface area (TPSA) is 77.8 Å². The van der Waals surface area contributed by atoms with Crippen molar-refractivity contribution in [2.24, 2.45) is 5.92 Å². The lowest BCUT2D eigenvalue weighted by molar-refractivity contribution is -0.144. The molecule has 0 aromatic rings. The van der Waals surface area contributed by atoms with E-state index in [0.29, 0.717) is 5.92 Å². The molecule has 1 rings (SSSR count). The highest BCUT2D eigenvalue weighted by atomic mass is 16.4. The van der Waals surface area contributed by atoms with Gasteiger partial charge in [0.1, 0.15) is 0 Å². The fraction of sp³-hybridized carbons (Fsp3) is 0.778. The summed E-state index contributed by atoms with van der Waals surface area (Å²) in [4.78, 5) is 22.5. The summed E-state index contributed by atoms with van der Waals surface area (Å²) in [5.74, 6) is -1.35. The van der Waals surface area contributed by atoms with E-state index in [0.717, 1.165) is 12.8 Å². The van der Waals surface area contributed by atoms with E-state index in [2.05, 4.69) is 6.92 Å². The molecule has 0 atom stereocenters. The molecule has 1 aliphatic carbocycles. The van der Waals surface area contributed by atoms with Crippen LogP contribution in [0.4, 0.5) is 0 Å². The second-order valence-corrected chi connectivity index (χ2v) is 3.92. The Bertz CT molecular complexity index is 219. The van der Waals surface area contributed by atoms with Crippen molar-refractivity contribution in [1.29, 1.82) is 0 Å². The third-order valence-electron chi connectivity index (χ3n) is 2.54. The summed E-state index contributed by atoms with van der Waals surface area (Å²) in [6.45, 7) is 1.73. The van der Waals surface area contributed by atoms with Crippen LogP contribution in [0.1, 0.15) is 19.8 Å². The minimum Gasteiger partial charge on any atom is -0.480 e. The second kappa shape index (κ2) is 4.41. The Morgan fingerprint density at radius 3 is 1.93 bits per heavy atom. The minimum atomic E-state index is -0.967. The van der Waals surface area contributed by atoms with E-state index in [-0.39, 0.29) is 19.1 Å². The van der Waals surface area contributed by atoms with Gasteiger partial charge in [-0.05, 0) is 18.8 Å². The molecule has 14 heavy (non-hydrogen) atoms. The summed E-state index contributed by atoms with van der Waals surface area (Å²) in [6.07, 6.45) is 1.81. The first kappa shape index (κ1) is 11.0. The van der Waals surface area contributed by atoms with Gasteiger partial charge in [-0.3, -0.25) is 14.5 Å². The maximum atomic E-state index is 10.5. The summed E-state index contributed by atoms with van der Waals surface area (Å²) >= 11 is 0. The Hall–Kier alpha value is -1.10. The highest BCUT2D eigenvalue weighted by molar-refractivity contribution is 5.72. The van der Waals surface area contributed by atoms with Crippen molar-refractivity contribution in [3.8, 4) is 0 Å². The van der Waals surface area contributed by atoms with Gasteiger partial charge in [0.15, 0.2) is 0 Å². The van der Waals surface area contributed by atoms with Crippen LogP contribution in [-0.4, -0.2) is 46.2 Å². The zero-order valence-corrected chi connectivity index (χ0v) is 8.14. The van der Waals surface area contributed by atoms with Gasteiger partial charge in [0, 0.05) is 6.04 Å². The molecule has 0 aromatic heterocycles. The number of aliphatic carboxylic acids is 2. The van der Waals surface area contributed by atoms with E-state index >= 15 is 0 Å². The molecule has 1 aliphatic rings. The number of nitrogens with zero attached hydrogens (tertiary/aromatic N) is 1. The van der Waals surface area contributed by atoms with Crippen molar-refractivity contribution in [3.05, 3.63) is 0 Å². The molecular formula is C9H15NO4. The van der Waals surface area contributed by atoms with E-state index in [1.165, 1.54) is 4.90 Å². The number of carbonyl (C=O) groups is 2. The van der Waals surface area contributed by atoms with Crippen LogP contribution in [0.3, 0.4) is 0 Å². The van der Waals surface area contributed by atoms with Crippen molar-refractivity contribution in [1.82, 2.24) is 4.90 Å². The van der Waals surface area contributed by atoms with Crippen molar-refractivity contribution in [2.45, 2.75) is 25.8 Å². The van der Waals surface area contributed by atoms with Crippen molar-refractivity contribution >= 4 is 11.9 Å². The Balaban J connectivity index is 2.44. The standard InChI is InChI=1S/C9H15NO4/c1-6-2-7(3-6)10(4-8(11)12)5-9(13)14/h6-7H,2-5H2,1H3,(H,11,12)(H,13,14). The van der Waals surface area contributed by atoms with Gasteiger partial charge in [0.05, 0.1) is 13.1 Å². The molecule has 5 heteroatoms. The molecule has 80 valence electrons. The van der Waals surface area contributed by atoms with E-state index in [1.54, 1.807) is 0 Å². The molecule has 0 saturated heterocycles. The molecule has 1 saturated carbocycles. The first-order chi connectivity index (χ1) is 6.49. The van der Waals surface area contributed by atoms with Crippen molar-refractivity contribution in [2.75, 3.05) is 13.1 Å². The summed E-state index contributed by atoms with van der Waals surface area (Å²) in [6, 6.07) is 0.136. The summed E-state index contributed by atoms with van der Waals surface area (Å²) < 4.78 is 0. The molecule has 0 heterocycles. The van der Waals surface area contributed by atoms with E-state index in [1.807, 2.05) is 0 Å². The molecule has 0 radical (unpaired) electrons.